The van der Waals surface area contributed by atoms with Crippen LogP contribution in [0.3, 0.4) is 0 Å². The second-order valence-electron chi connectivity index (χ2n) is 2.46. The number of hydrogen-bond acceptors (Lipinski definition) is 3. The third kappa shape index (κ3) is 2.02. The summed E-state index contributed by atoms with van der Waals surface area (Å²) >= 11 is 0. The Morgan fingerprint density at radius 3 is 2.57 bits per heavy atom. The average Bonchev–Trinajstić information content (AvgIpc) is 2.70. The van der Waals surface area contributed by atoms with Gasteiger partial charge in [0.25, 0.3) is 0 Å². The number of imidazole rings is 1. The maximum atomic E-state index is 4.18. The van der Waals surface area contributed by atoms with E-state index in [4.69, 9.17) is 0 Å². The van der Waals surface area contributed by atoms with Crippen molar-refractivity contribution in [3.05, 3.63) is 24.8 Å². The van der Waals surface area contributed by atoms with Crippen LogP contribution in [0.4, 0.5) is 5.82 Å². The summed E-state index contributed by atoms with van der Waals surface area (Å²) in [5, 5.41) is 3.14. The van der Waals surface area contributed by atoms with Crippen LogP contribution in [0.5, 0.6) is 0 Å². The van der Waals surface area contributed by atoms with E-state index in [1.807, 2.05) is 37.6 Å². The van der Waals surface area contributed by atoms with Crippen molar-refractivity contribution in [3.8, 4) is 0 Å². The lowest BCUT2D eigenvalue weighted by Gasteiger charge is -2.02. The predicted molar refractivity (Wildman–Crippen MR) is 60.6 cm³/mol. The van der Waals surface area contributed by atoms with Crippen LogP contribution in [0, 0.1) is 0 Å². The van der Waals surface area contributed by atoms with Gasteiger partial charge >= 0.3 is 0 Å². The monoisotopic (exact) mass is 194 g/mol. The first-order valence-corrected chi connectivity index (χ1v) is 4.93. The highest BCUT2D eigenvalue weighted by atomic mass is 15.1. The summed E-state index contributed by atoms with van der Waals surface area (Å²) < 4.78 is 1.94. The number of anilines is 1. The number of rotatable bonds is 2. The van der Waals surface area contributed by atoms with E-state index in [9.17, 15) is 0 Å². The van der Waals surface area contributed by atoms with Gasteiger partial charge in [-0.15, -0.1) is 0 Å². The summed E-state index contributed by atoms with van der Waals surface area (Å²) in [6, 6.07) is 0. The fourth-order valence-corrected chi connectivity index (χ4v) is 1.15. The van der Waals surface area contributed by atoms with Crippen LogP contribution in [0.1, 0.15) is 22.2 Å². The molecule has 14 heavy (non-hydrogen) atoms. The second kappa shape index (κ2) is 5.21. The van der Waals surface area contributed by atoms with E-state index in [1.165, 1.54) is 0 Å². The lowest BCUT2D eigenvalue weighted by molar-refractivity contribution is 1.09. The van der Waals surface area contributed by atoms with Crippen LogP contribution in [-0.2, 0) is 0 Å². The molecule has 0 fully saturated rings. The van der Waals surface area contributed by atoms with Crippen molar-refractivity contribution in [2.45, 2.75) is 20.8 Å². The number of aromatic nitrogens is 3. The summed E-state index contributed by atoms with van der Waals surface area (Å²) in [5.41, 5.74) is 0.874. The molecule has 4 nitrogen and oxygen atoms in total. The summed E-state index contributed by atoms with van der Waals surface area (Å²) in [7, 11) is 0. The van der Waals surface area contributed by atoms with E-state index >= 15 is 0 Å². The first kappa shape index (κ1) is 10.5. The largest absolute Gasteiger partial charge is 0.367 e. The van der Waals surface area contributed by atoms with Crippen molar-refractivity contribution in [1.29, 1.82) is 0 Å². The van der Waals surface area contributed by atoms with Crippen LogP contribution >= 0.6 is 0 Å². The van der Waals surface area contributed by atoms with Crippen molar-refractivity contribution >= 4 is 11.5 Å². The molecular formula is C10H18N4. The van der Waals surface area contributed by atoms with Gasteiger partial charge in [-0.25, -0.2) is 9.97 Å². The molecule has 0 atom stereocenters. The summed E-state index contributed by atoms with van der Waals surface area (Å²) in [6.45, 7) is 6.90. The fraction of sp³-hybridized carbons (Fsp3) is 0.400. The Balaban J connectivity index is 0.000000617. The Morgan fingerprint density at radius 2 is 1.93 bits per heavy atom. The molecule has 0 bridgehead atoms. The summed E-state index contributed by atoms with van der Waals surface area (Å²) in [4.78, 5) is 8.35. The second-order valence-corrected chi connectivity index (χ2v) is 2.46. The van der Waals surface area contributed by atoms with E-state index in [0.29, 0.717) is 0 Å². The zero-order chi connectivity index (χ0) is 10.4. The highest BCUT2D eigenvalue weighted by Crippen LogP contribution is 2.09. The topological polar surface area (TPSA) is 42.2 Å². The van der Waals surface area contributed by atoms with E-state index < -0.39 is 0 Å². The molecule has 2 aromatic heterocycles. The van der Waals surface area contributed by atoms with Crippen LogP contribution in [0.2, 0.25) is 0 Å². The molecule has 0 amide bonds. The Kier molecular flexibility index (Phi) is 3.91. The van der Waals surface area contributed by atoms with Gasteiger partial charge < -0.3 is 9.72 Å². The molecule has 4 heteroatoms. The minimum absolute atomic E-state index is 0. The number of nitrogens with one attached hydrogen (secondary N) is 1. The quantitative estimate of drug-likeness (QED) is 0.798. The smallest absolute Gasteiger partial charge is 0.180 e. The van der Waals surface area contributed by atoms with Gasteiger partial charge in [0.05, 0.1) is 0 Å². The van der Waals surface area contributed by atoms with Gasteiger partial charge in [-0.1, -0.05) is 13.8 Å². The maximum absolute atomic E-state index is 4.18. The molecule has 2 aromatic rings. The number of nitrogens with zero attached hydrogens (tertiary/aromatic N) is 3. The summed E-state index contributed by atoms with van der Waals surface area (Å²) in [5.74, 6) is 0.838. The van der Waals surface area contributed by atoms with Crippen molar-refractivity contribution in [1.82, 2.24) is 14.4 Å². The molecule has 0 aliphatic carbocycles. The Labute approximate surface area is 85.5 Å². The molecule has 0 aliphatic rings. The zero-order valence-electron chi connectivity index (χ0n) is 8.86. The Hall–Kier alpha value is -1.58. The van der Waals surface area contributed by atoms with Crippen molar-refractivity contribution < 1.29 is 1.43 Å². The average molecular weight is 194 g/mol. The van der Waals surface area contributed by atoms with Crippen LogP contribution < -0.4 is 5.32 Å². The highest BCUT2D eigenvalue weighted by molar-refractivity contribution is 5.61. The predicted octanol–water partition coefficient (Wildman–Crippen LogP) is 2.43. The minimum atomic E-state index is 0. The van der Waals surface area contributed by atoms with Gasteiger partial charge in [-0.2, -0.15) is 0 Å². The molecule has 0 saturated carbocycles. The normalized spacial score (nSPS) is 9.36. The van der Waals surface area contributed by atoms with Crippen molar-refractivity contribution in [2.75, 3.05) is 11.9 Å². The SMILES string of the molecule is CC.CCNc1nccn2ccnc12.[HH]. The molecule has 2 rings (SSSR count). The van der Waals surface area contributed by atoms with E-state index in [1.54, 1.807) is 12.4 Å². The van der Waals surface area contributed by atoms with Gasteiger partial charge in [0.2, 0.25) is 0 Å². The molecule has 0 aliphatic heterocycles. The molecule has 0 spiro atoms. The van der Waals surface area contributed by atoms with Crippen LogP contribution in [0.25, 0.3) is 5.65 Å². The van der Waals surface area contributed by atoms with Gasteiger partial charge in [0, 0.05) is 32.8 Å². The Morgan fingerprint density at radius 1 is 1.29 bits per heavy atom. The van der Waals surface area contributed by atoms with E-state index in [-0.39, 0.29) is 1.43 Å². The van der Waals surface area contributed by atoms with E-state index in [2.05, 4.69) is 15.3 Å². The van der Waals surface area contributed by atoms with Crippen LogP contribution in [-0.4, -0.2) is 20.9 Å². The molecule has 1 N–H and O–H groups in total. The van der Waals surface area contributed by atoms with Crippen molar-refractivity contribution in [3.63, 3.8) is 0 Å². The van der Waals surface area contributed by atoms with Crippen LogP contribution in [0.15, 0.2) is 24.8 Å². The first-order valence-electron chi connectivity index (χ1n) is 4.93. The third-order valence-corrected chi connectivity index (χ3v) is 1.66. The standard InChI is InChI=1S/C8H10N4.C2H6.H2/c1-2-9-7-8-11-4-6-12(8)5-3-10-7;1-2;/h3-6H,2H2,1H3,(H,9,10);1-2H3;1H. The molecule has 0 unspecified atom stereocenters. The molecule has 78 valence electrons. The number of hydrogen-bond donors (Lipinski definition) is 1. The molecule has 2 heterocycles. The Bertz CT molecular complexity index is 386. The first-order chi connectivity index (χ1) is 6.92. The molecule has 0 aromatic carbocycles. The molecule has 0 saturated heterocycles. The van der Waals surface area contributed by atoms with Gasteiger partial charge in [-0.3, -0.25) is 0 Å². The van der Waals surface area contributed by atoms with E-state index in [0.717, 1.165) is 18.0 Å². The van der Waals surface area contributed by atoms with Gasteiger partial charge in [0.15, 0.2) is 11.5 Å². The highest BCUT2D eigenvalue weighted by Gasteiger charge is 2.00. The summed E-state index contributed by atoms with van der Waals surface area (Å²) in [6.07, 6.45) is 7.30. The lowest BCUT2D eigenvalue weighted by atomic mass is 10.6. The van der Waals surface area contributed by atoms with Gasteiger partial charge in [-0.05, 0) is 6.92 Å². The molecular weight excluding hydrogens is 176 g/mol. The fourth-order valence-electron chi connectivity index (χ4n) is 1.15. The third-order valence-electron chi connectivity index (χ3n) is 1.66. The lowest BCUT2D eigenvalue weighted by Crippen LogP contribution is -2.01. The van der Waals surface area contributed by atoms with Gasteiger partial charge in [0.1, 0.15) is 0 Å². The maximum Gasteiger partial charge on any atom is 0.180 e. The van der Waals surface area contributed by atoms with Crippen molar-refractivity contribution in [2.24, 2.45) is 0 Å². The minimum Gasteiger partial charge on any atom is -0.367 e. The zero-order valence-corrected chi connectivity index (χ0v) is 8.86. The number of fused-ring (bicyclic) bond motifs is 1. The molecule has 0 radical (unpaired) electrons.